The number of phenols is 1. The third-order valence-electron chi connectivity index (χ3n) is 7.08. The Hall–Kier alpha value is -3.59. The molecule has 40 heavy (non-hydrogen) atoms. The molecule has 1 fully saturated rings. The van der Waals surface area contributed by atoms with E-state index in [0.29, 0.717) is 26.5 Å². The zero-order valence-corrected chi connectivity index (χ0v) is 24.8. The molecule has 0 bridgehead atoms. The van der Waals surface area contributed by atoms with Crippen LogP contribution in [0, 0.1) is 19.8 Å². The molecule has 0 spiro atoms. The number of aromatic nitrogens is 2. The minimum absolute atomic E-state index is 0.113. The molecule has 1 amide bonds. The highest BCUT2D eigenvalue weighted by Gasteiger charge is 2.42. The fourth-order valence-electron chi connectivity index (χ4n) is 5.11. The van der Waals surface area contributed by atoms with Gasteiger partial charge in [-0.05, 0) is 86.2 Å². The summed E-state index contributed by atoms with van der Waals surface area (Å²) < 4.78 is 1.99. The van der Waals surface area contributed by atoms with Crippen LogP contribution in [0.4, 0.5) is 11.4 Å². The Balaban J connectivity index is 1.64. The number of benzene rings is 2. The van der Waals surface area contributed by atoms with Crippen LogP contribution in [-0.2, 0) is 4.79 Å². The number of nitrogens with zero attached hydrogens (tertiary/aromatic N) is 3. The number of anilines is 2. The van der Waals surface area contributed by atoms with Crippen molar-refractivity contribution in [3.63, 3.8) is 0 Å². The largest absolute Gasteiger partial charge is 0.506 e. The van der Waals surface area contributed by atoms with Crippen LogP contribution in [0.1, 0.15) is 48.6 Å². The van der Waals surface area contributed by atoms with Crippen LogP contribution >= 0.6 is 35.4 Å². The number of halogens is 2. The van der Waals surface area contributed by atoms with Crippen molar-refractivity contribution in [2.45, 2.75) is 39.8 Å². The molecular formula is C30H29Cl2N5O2S. The van der Waals surface area contributed by atoms with Crippen molar-refractivity contribution in [3.05, 3.63) is 99.6 Å². The normalized spacial score (nSPS) is 16.9. The second-order valence-electron chi connectivity index (χ2n) is 10.1. The first kappa shape index (κ1) is 28.0. The number of carbonyl (C=O) groups is 1. The number of amides is 1. The van der Waals surface area contributed by atoms with E-state index in [1.807, 2.05) is 61.4 Å². The van der Waals surface area contributed by atoms with Gasteiger partial charge in [0, 0.05) is 34.2 Å². The molecule has 2 aromatic heterocycles. The van der Waals surface area contributed by atoms with Crippen LogP contribution in [0.2, 0.25) is 10.0 Å². The second-order valence-corrected chi connectivity index (χ2v) is 11.3. The lowest BCUT2D eigenvalue weighted by Gasteiger charge is -2.28. The van der Waals surface area contributed by atoms with Crippen molar-refractivity contribution >= 4 is 57.8 Å². The first-order valence-electron chi connectivity index (χ1n) is 12.9. The van der Waals surface area contributed by atoms with E-state index in [9.17, 15) is 9.90 Å². The Labute approximate surface area is 248 Å². The first-order valence-corrected chi connectivity index (χ1v) is 14.0. The molecule has 206 valence electrons. The van der Waals surface area contributed by atoms with E-state index in [1.165, 1.54) is 0 Å². The first-order chi connectivity index (χ1) is 19.1. The van der Waals surface area contributed by atoms with Crippen LogP contribution in [0.15, 0.2) is 66.9 Å². The maximum atomic E-state index is 12.3. The molecule has 5 rings (SSSR count). The van der Waals surface area contributed by atoms with Gasteiger partial charge in [0.1, 0.15) is 5.75 Å². The molecule has 3 heterocycles. The number of pyridine rings is 1. The molecule has 0 unspecified atom stereocenters. The van der Waals surface area contributed by atoms with Crippen molar-refractivity contribution in [1.82, 2.24) is 14.9 Å². The van der Waals surface area contributed by atoms with Gasteiger partial charge in [0.15, 0.2) is 5.11 Å². The summed E-state index contributed by atoms with van der Waals surface area (Å²) in [5.41, 5.74) is 5.57. The lowest BCUT2D eigenvalue weighted by molar-refractivity contribution is -0.118. The van der Waals surface area contributed by atoms with Gasteiger partial charge in [-0.2, -0.15) is 0 Å². The number of carbonyl (C=O) groups excluding carboxylic acids is 1. The molecule has 0 aliphatic carbocycles. The number of thiocarbonyl (C=S) groups is 1. The number of hydrogen-bond donors (Lipinski definition) is 3. The summed E-state index contributed by atoms with van der Waals surface area (Å²) in [6.07, 6.45) is 1.76. The zero-order valence-electron chi connectivity index (χ0n) is 22.4. The fraction of sp³-hybridized carbons (Fsp3) is 0.233. The minimum Gasteiger partial charge on any atom is -0.506 e. The van der Waals surface area contributed by atoms with Gasteiger partial charge in [0.25, 0.3) is 0 Å². The van der Waals surface area contributed by atoms with Crippen molar-refractivity contribution in [2.24, 2.45) is 5.92 Å². The molecule has 1 saturated heterocycles. The van der Waals surface area contributed by atoms with Crippen LogP contribution in [0.3, 0.4) is 0 Å². The van der Waals surface area contributed by atoms with Gasteiger partial charge in [-0.15, -0.1) is 0 Å². The monoisotopic (exact) mass is 593 g/mol. The van der Waals surface area contributed by atoms with Gasteiger partial charge in [-0.25, -0.2) is 0 Å². The summed E-state index contributed by atoms with van der Waals surface area (Å²) in [7, 11) is 0. The highest BCUT2D eigenvalue weighted by molar-refractivity contribution is 7.80. The van der Waals surface area contributed by atoms with Crippen molar-refractivity contribution in [1.29, 1.82) is 0 Å². The molecule has 1 aliphatic heterocycles. The predicted octanol–water partition coefficient (Wildman–Crippen LogP) is 7.27. The molecular weight excluding hydrogens is 565 g/mol. The van der Waals surface area contributed by atoms with E-state index in [2.05, 4.69) is 21.7 Å². The maximum Gasteiger partial charge on any atom is 0.226 e. The molecule has 7 nitrogen and oxygen atoms in total. The van der Waals surface area contributed by atoms with Crippen molar-refractivity contribution in [3.8, 4) is 11.4 Å². The van der Waals surface area contributed by atoms with E-state index in [-0.39, 0.29) is 29.7 Å². The number of aromatic hydroxyl groups is 1. The van der Waals surface area contributed by atoms with Crippen LogP contribution in [0.5, 0.6) is 5.75 Å². The summed E-state index contributed by atoms with van der Waals surface area (Å²) in [6, 6.07) is 17.8. The molecule has 0 radical (unpaired) electrons. The molecule has 1 aliphatic rings. The molecule has 2 aromatic carbocycles. The highest BCUT2D eigenvalue weighted by atomic mass is 35.5. The lowest BCUT2D eigenvalue weighted by atomic mass is 9.96. The number of phenolic OH excluding ortho intramolecular Hbond substituents is 1. The number of aryl methyl sites for hydroxylation is 1. The van der Waals surface area contributed by atoms with E-state index in [4.69, 9.17) is 35.4 Å². The number of rotatable bonds is 6. The average Bonchev–Trinajstić information content (AvgIpc) is 3.41. The summed E-state index contributed by atoms with van der Waals surface area (Å²) in [5.74, 6) is -0.164. The van der Waals surface area contributed by atoms with E-state index in [0.717, 1.165) is 28.3 Å². The maximum absolute atomic E-state index is 12.3. The Bertz CT molecular complexity index is 1610. The summed E-state index contributed by atoms with van der Waals surface area (Å²) in [6.45, 7) is 7.65. The molecule has 0 saturated carbocycles. The number of nitrogens with one attached hydrogen (secondary N) is 2. The van der Waals surface area contributed by atoms with E-state index in [1.54, 1.807) is 36.5 Å². The quantitative estimate of drug-likeness (QED) is 0.204. The van der Waals surface area contributed by atoms with E-state index >= 15 is 0 Å². The predicted molar refractivity (Wildman–Crippen MR) is 165 cm³/mol. The molecule has 10 heteroatoms. The Morgan fingerprint density at radius 3 is 2.55 bits per heavy atom. The van der Waals surface area contributed by atoms with E-state index < -0.39 is 0 Å². The number of hydrogen-bond acceptors (Lipinski definition) is 4. The van der Waals surface area contributed by atoms with Crippen molar-refractivity contribution < 1.29 is 9.90 Å². The van der Waals surface area contributed by atoms with Gasteiger partial charge in [0.2, 0.25) is 5.91 Å². The highest BCUT2D eigenvalue weighted by Crippen LogP contribution is 2.45. The summed E-state index contributed by atoms with van der Waals surface area (Å²) >= 11 is 18.8. The Kier molecular flexibility index (Phi) is 7.77. The molecule has 3 N–H and O–H groups in total. The average molecular weight is 595 g/mol. The van der Waals surface area contributed by atoms with Crippen LogP contribution < -0.4 is 15.5 Å². The smallest absolute Gasteiger partial charge is 0.226 e. The van der Waals surface area contributed by atoms with Gasteiger partial charge in [-0.3, -0.25) is 9.78 Å². The van der Waals surface area contributed by atoms with Gasteiger partial charge in [0.05, 0.1) is 34.2 Å². The van der Waals surface area contributed by atoms with Gasteiger partial charge in [-0.1, -0.05) is 43.1 Å². The SMILES string of the molecule is Cc1cc([C@H]2[C@H](c3ccccn3)NC(=S)N2c2ccc(NC(=O)C(C)C)c(Cl)c2)c(C)n1-c1cc(Cl)ccc1O. The minimum atomic E-state index is -0.296. The van der Waals surface area contributed by atoms with Crippen LogP contribution in [0.25, 0.3) is 5.69 Å². The second kappa shape index (κ2) is 11.1. The lowest BCUT2D eigenvalue weighted by Crippen LogP contribution is -2.29. The van der Waals surface area contributed by atoms with Crippen molar-refractivity contribution in [2.75, 3.05) is 10.2 Å². The summed E-state index contributed by atoms with van der Waals surface area (Å²) in [4.78, 5) is 18.9. The molecule has 4 aromatic rings. The Morgan fingerprint density at radius 2 is 1.88 bits per heavy atom. The third kappa shape index (κ3) is 5.14. The standard InChI is InChI=1S/C30H29Cl2N5O2S/c1-16(2)29(39)34-23-10-9-20(15-22(23)32)37-28(27(35-30(37)40)24-7-5-6-12-33-24)21-13-17(3)36(18(21)4)25-14-19(31)8-11-26(25)38/h5-16,27-28,38H,1-4H3,(H,34,39)(H,35,40)/t27-,28-/m0/s1. The van der Waals surface area contributed by atoms with Gasteiger partial charge >= 0.3 is 0 Å². The molecule has 2 atom stereocenters. The Morgan fingerprint density at radius 1 is 1.10 bits per heavy atom. The van der Waals surface area contributed by atoms with Crippen LogP contribution in [-0.4, -0.2) is 25.7 Å². The topological polar surface area (TPSA) is 82.4 Å². The zero-order chi connectivity index (χ0) is 28.7. The third-order valence-corrected chi connectivity index (χ3v) is 7.94. The van der Waals surface area contributed by atoms with Gasteiger partial charge < -0.3 is 25.2 Å². The fourth-order valence-corrected chi connectivity index (χ4v) is 5.85. The summed E-state index contributed by atoms with van der Waals surface area (Å²) in [5, 5.41) is 18.5.